The molecule has 34 heavy (non-hydrogen) atoms. The third-order valence-electron chi connectivity index (χ3n) is 7.83. The molecular formula is C20H22Cl2N6O4S2. The Hall–Kier alpha value is -1.44. The van der Waals surface area contributed by atoms with Gasteiger partial charge in [-0.15, -0.1) is 0 Å². The molecule has 0 saturated carbocycles. The molecule has 0 aliphatic carbocycles. The SMILES string of the molecule is O=C(OC1(c2nsnc2Cl)CN2CCC1CC2)C(=O)OC1(c2nsnc2Cl)CN2CCC1CC2. The monoisotopic (exact) mass is 544 g/mol. The number of hydrogen-bond acceptors (Lipinski definition) is 12. The van der Waals surface area contributed by atoms with Crippen LogP contribution in [0, 0.1) is 11.8 Å². The number of aromatic nitrogens is 4. The first-order valence-corrected chi connectivity index (χ1v) is 13.5. The van der Waals surface area contributed by atoms with Crippen LogP contribution in [0.25, 0.3) is 0 Å². The number of fused-ring (bicyclic) bond motifs is 6. The fourth-order valence-corrected chi connectivity index (χ4v) is 7.91. The van der Waals surface area contributed by atoms with Gasteiger partial charge >= 0.3 is 11.9 Å². The van der Waals surface area contributed by atoms with Gasteiger partial charge in [-0.1, -0.05) is 23.2 Å². The molecule has 6 aliphatic rings. The van der Waals surface area contributed by atoms with E-state index in [2.05, 4.69) is 27.3 Å². The summed E-state index contributed by atoms with van der Waals surface area (Å²) < 4.78 is 28.9. The van der Waals surface area contributed by atoms with Crippen molar-refractivity contribution in [2.45, 2.75) is 36.9 Å². The van der Waals surface area contributed by atoms with Gasteiger partial charge in [0.1, 0.15) is 11.4 Å². The van der Waals surface area contributed by atoms with Gasteiger partial charge in [-0.3, -0.25) is 9.80 Å². The predicted octanol–water partition coefficient (Wildman–Crippen LogP) is 2.32. The Bertz CT molecular complexity index is 1030. The van der Waals surface area contributed by atoms with Gasteiger partial charge in [0.2, 0.25) is 0 Å². The third-order valence-corrected chi connectivity index (χ3v) is 9.61. The number of piperidine rings is 6. The lowest BCUT2D eigenvalue weighted by atomic mass is 9.73. The number of ether oxygens (including phenoxy) is 2. The molecule has 0 radical (unpaired) electrons. The number of hydrogen-bond donors (Lipinski definition) is 0. The van der Waals surface area contributed by atoms with E-state index < -0.39 is 23.1 Å². The highest BCUT2D eigenvalue weighted by Crippen LogP contribution is 2.49. The van der Waals surface area contributed by atoms with E-state index in [1.165, 1.54) is 0 Å². The highest BCUT2D eigenvalue weighted by atomic mass is 35.5. The first-order chi connectivity index (χ1) is 16.4. The molecule has 6 saturated heterocycles. The summed E-state index contributed by atoms with van der Waals surface area (Å²) >= 11 is 14.6. The summed E-state index contributed by atoms with van der Waals surface area (Å²) in [6.07, 6.45) is 3.27. The Morgan fingerprint density at radius 1 is 0.735 bits per heavy atom. The van der Waals surface area contributed by atoms with Crippen LogP contribution in [0.5, 0.6) is 0 Å². The van der Waals surface area contributed by atoms with Gasteiger partial charge in [-0.2, -0.15) is 17.5 Å². The highest BCUT2D eigenvalue weighted by molar-refractivity contribution is 6.99. The number of carbonyl (C=O) groups excluding carboxylic acids is 2. The van der Waals surface area contributed by atoms with Crippen LogP contribution in [0.2, 0.25) is 10.3 Å². The van der Waals surface area contributed by atoms with E-state index in [0.29, 0.717) is 24.5 Å². The van der Waals surface area contributed by atoms with E-state index in [1.54, 1.807) is 0 Å². The first-order valence-electron chi connectivity index (χ1n) is 11.3. The molecule has 0 amide bonds. The Kier molecular flexibility index (Phi) is 5.81. The lowest BCUT2D eigenvalue weighted by molar-refractivity contribution is -0.212. The summed E-state index contributed by atoms with van der Waals surface area (Å²) in [5, 5.41) is 0.406. The van der Waals surface area contributed by atoms with Gasteiger partial charge in [0.15, 0.2) is 21.5 Å². The second-order valence-electron chi connectivity index (χ2n) is 9.47. The normalized spacial score (nSPS) is 36.4. The van der Waals surface area contributed by atoms with Crippen molar-refractivity contribution in [2.75, 3.05) is 39.3 Å². The van der Waals surface area contributed by atoms with Crippen molar-refractivity contribution in [2.24, 2.45) is 11.8 Å². The second-order valence-corrected chi connectivity index (χ2v) is 11.2. The number of carbonyl (C=O) groups is 2. The van der Waals surface area contributed by atoms with Crippen molar-refractivity contribution < 1.29 is 19.1 Å². The quantitative estimate of drug-likeness (QED) is 0.419. The molecule has 14 heteroatoms. The zero-order chi connectivity index (χ0) is 23.5. The smallest absolute Gasteiger partial charge is 0.418 e. The topological polar surface area (TPSA) is 111 Å². The lowest BCUT2D eigenvalue weighted by Gasteiger charge is -2.52. The fourth-order valence-electron chi connectivity index (χ4n) is 6.18. The lowest BCUT2D eigenvalue weighted by Crippen LogP contribution is -2.61. The van der Waals surface area contributed by atoms with E-state index in [0.717, 1.165) is 75.3 Å². The predicted molar refractivity (Wildman–Crippen MR) is 124 cm³/mol. The number of nitrogens with zero attached hydrogens (tertiary/aromatic N) is 6. The van der Waals surface area contributed by atoms with E-state index in [4.69, 9.17) is 32.7 Å². The molecule has 0 spiro atoms. The molecule has 6 fully saturated rings. The van der Waals surface area contributed by atoms with Crippen molar-refractivity contribution in [3.05, 3.63) is 21.7 Å². The summed E-state index contributed by atoms with van der Waals surface area (Å²) in [6, 6.07) is 0. The maximum absolute atomic E-state index is 13.3. The molecule has 6 aliphatic heterocycles. The van der Waals surface area contributed by atoms with Gasteiger partial charge in [0.05, 0.1) is 23.5 Å². The minimum Gasteiger partial charge on any atom is -0.442 e. The first kappa shape index (κ1) is 23.0. The second kappa shape index (κ2) is 8.59. The fraction of sp³-hybridized carbons (Fsp3) is 0.700. The standard InChI is InChI=1S/C20H22Cl2N6O4S2/c21-15-13(23-33-25-15)19(9-27-5-1-11(19)2-6-27)31-17(29)18(30)32-20(14-16(22)26-34-24-14)10-28-7-3-12(20)4-8-28/h11-12H,1-10H2. The maximum Gasteiger partial charge on any atom is 0.418 e. The zero-order valence-corrected chi connectivity index (χ0v) is 21.3. The molecule has 0 N–H and O–H groups in total. The third kappa shape index (κ3) is 3.56. The van der Waals surface area contributed by atoms with E-state index >= 15 is 0 Å². The van der Waals surface area contributed by atoms with E-state index in [9.17, 15) is 9.59 Å². The summed E-state index contributed by atoms with van der Waals surface area (Å²) in [4.78, 5) is 31.0. The van der Waals surface area contributed by atoms with Crippen LogP contribution in [0.15, 0.2) is 0 Å². The van der Waals surface area contributed by atoms with Gasteiger partial charge in [0, 0.05) is 24.9 Å². The summed E-state index contributed by atoms with van der Waals surface area (Å²) in [6.45, 7) is 4.45. The molecule has 2 unspecified atom stereocenters. The minimum atomic E-state index is -1.13. The number of esters is 2. The average Bonchev–Trinajstić information content (AvgIpc) is 3.49. The Balaban J connectivity index is 1.30. The molecule has 2 atom stereocenters. The summed E-state index contributed by atoms with van der Waals surface area (Å²) in [5.41, 5.74) is -1.42. The molecular weight excluding hydrogens is 523 g/mol. The minimum absolute atomic E-state index is 0.00130. The van der Waals surface area contributed by atoms with Crippen LogP contribution in [0.1, 0.15) is 37.1 Å². The molecule has 8 rings (SSSR count). The Morgan fingerprint density at radius 2 is 1.12 bits per heavy atom. The molecule has 2 aromatic heterocycles. The van der Waals surface area contributed by atoms with Crippen LogP contribution in [0.3, 0.4) is 0 Å². The van der Waals surface area contributed by atoms with Crippen molar-refractivity contribution in [1.82, 2.24) is 27.3 Å². The van der Waals surface area contributed by atoms with E-state index in [1.807, 2.05) is 0 Å². The summed E-state index contributed by atoms with van der Waals surface area (Å²) in [5.74, 6) is -2.13. The van der Waals surface area contributed by atoms with Crippen LogP contribution in [-0.2, 0) is 30.3 Å². The largest absolute Gasteiger partial charge is 0.442 e. The van der Waals surface area contributed by atoms with Crippen LogP contribution >= 0.6 is 46.7 Å². The number of halogens is 2. The zero-order valence-electron chi connectivity index (χ0n) is 18.1. The van der Waals surface area contributed by atoms with Crippen LogP contribution in [0.4, 0.5) is 0 Å². The van der Waals surface area contributed by atoms with E-state index in [-0.39, 0.29) is 22.1 Å². The van der Waals surface area contributed by atoms with Gasteiger partial charge in [-0.25, -0.2) is 9.59 Å². The Labute approximate surface area is 214 Å². The molecule has 8 heterocycles. The van der Waals surface area contributed by atoms with Crippen molar-refractivity contribution >= 4 is 58.6 Å². The maximum atomic E-state index is 13.3. The molecule has 10 nitrogen and oxygen atoms in total. The van der Waals surface area contributed by atoms with Gasteiger partial charge in [-0.05, 0) is 51.9 Å². The highest BCUT2D eigenvalue weighted by Gasteiger charge is 2.57. The molecule has 4 bridgehead atoms. The Morgan fingerprint density at radius 3 is 1.38 bits per heavy atom. The molecule has 2 aromatic rings. The summed E-state index contributed by atoms with van der Waals surface area (Å²) in [7, 11) is 0. The van der Waals surface area contributed by atoms with Crippen LogP contribution in [-0.4, -0.2) is 78.5 Å². The molecule has 182 valence electrons. The van der Waals surface area contributed by atoms with Gasteiger partial charge in [0.25, 0.3) is 0 Å². The van der Waals surface area contributed by atoms with Crippen molar-refractivity contribution in [3.63, 3.8) is 0 Å². The van der Waals surface area contributed by atoms with Crippen LogP contribution < -0.4 is 0 Å². The van der Waals surface area contributed by atoms with Gasteiger partial charge < -0.3 is 9.47 Å². The average molecular weight is 545 g/mol. The van der Waals surface area contributed by atoms with Crippen molar-refractivity contribution in [1.29, 1.82) is 0 Å². The number of rotatable bonds is 4. The molecule has 0 aromatic carbocycles. The van der Waals surface area contributed by atoms with Crippen molar-refractivity contribution in [3.8, 4) is 0 Å².